The summed E-state index contributed by atoms with van der Waals surface area (Å²) in [5, 5.41) is 12.8. The van der Waals surface area contributed by atoms with Crippen LogP contribution in [0.4, 0.5) is 5.82 Å². The van der Waals surface area contributed by atoms with Gasteiger partial charge in [0.05, 0.1) is 42.7 Å². The van der Waals surface area contributed by atoms with Crippen LogP contribution >= 0.6 is 0 Å². The Hall–Kier alpha value is -3.65. The third kappa shape index (κ3) is 2.32. The average Bonchev–Trinajstić information content (AvgIpc) is 3.46. The molecule has 5 aromatic rings. The maximum atomic E-state index is 6.36. The minimum Gasteiger partial charge on any atom is -0.382 e. The first-order valence-corrected chi connectivity index (χ1v) is 9.54. The van der Waals surface area contributed by atoms with Crippen molar-refractivity contribution in [1.29, 1.82) is 0 Å². The Morgan fingerprint density at radius 3 is 3.07 bits per heavy atom. The fourth-order valence-electron chi connectivity index (χ4n) is 4.26. The molecular weight excluding hydrogens is 366 g/mol. The van der Waals surface area contributed by atoms with Crippen molar-refractivity contribution in [1.82, 2.24) is 29.4 Å². The molecule has 0 fully saturated rings. The number of pyridine rings is 1. The van der Waals surface area contributed by atoms with E-state index in [1.807, 2.05) is 23.3 Å². The number of benzene rings is 1. The molecule has 0 amide bonds. The molecule has 29 heavy (non-hydrogen) atoms. The molecule has 0 atom stereocenters. The molecule has 8 nitrogen and oxygen atoms in total. The zero-order valence-electron chi connectivity index (χ0n) is 15.9. The first-order chi connectivity index (χ1) is 14.2. The zero-order valence-corrected chi connectivity index (χ0v) is 15.9. The summed E-state index contributed by atoms with van der Waals surface area (Å²) in [5.74, 6) is 0.509. The average molecular weight is 385 g/mol. The third-order valence-electron chi connectivity index (χ3n) is 5.71. The number of hydrogen-bond acceptors (Lipinski definition) is 5. The molecule has 0 spiro atoms. The second-order valence-corrected chi connectivity index (χ2v) is 7.33. The van der Waals surface area contributed by atoms with Gasteiger partial charge in [0, 0.05) is 34.6 Å². The standard InChI is InChI=1S/C21H19N7O/c1-12-15(13-2-3-14-10-24-25-17(14)8-13)9-16(21-23-4-5-27(12)21)19-18-11-29-7-6-28(18)26-20(19)22/h2-5,8-10H,6-7,11H2,1H3,(H2,22,26)(H,24,25). The molecule has 1 aliphatic rings. The second-order valence-electron chi connectivity index (χ2n) is 7.33. The summed E-state index contributed by atoms with van der Waals surface area (Å²) >= 11 is 0. The van der Waals surface area contributed by atoms with E-state index < -0.39 is 0 Å². The number of aryl methyl sites for hydroxylation is 1. The molecule has 0 aliphatic carbocycles. The van der Waals surface area contributed by atoms with E-state index in [-0.39, 0.29) is 0 Å². The van der Waals surface area contributed by atoms with Crippen LogP contribution in [-0.2, 0) is 17.9 Å². The number of nitrogens with two attached hydrogens (primary N) is 1. The number of aromatic nitrogens is 6. The van der Waals surface area contributed by atoms with Gasteiger partial charge in [-0.3, -0.25) is 9.78 Å². The molecule has 3 N–H and O–H groups in total. The predicted octanol–water partition coefficient (Wildman–Crippen LogP) is 3.16. The first-order valence-electron chi connectivity index (χ1n) is 9.54. The summed E-state index contributed by atoms with van der Waals surface area (Å²) in [5.41, 5.74) is 14.4. The van der Waals surface area contributed by atoms with Crippen LogP contribution in [0, 0.1) is 6.92 Å². The normalized spacial score (nSPS) is 14.0. The van der Waals surface area contributed by atoms with Gasteiger partial charge >= 0.3 is 0 Å². The number of hydrogen-bond donors (Lipinski definition) is 2. The van der Waals surface area contributed by atoms with Crippen LogP contribution < -0.4 is 5.73 Å². The van der Waals surface area contributed by atoms with Crippen LogP contribution in [0.25, 0.3) is 38.8 Å². The SMILES string of the molecule is Cc1c(-c2ccc3cn[nH]c3c2)cc(-c2c(N)nn3c2COCC3)c2nccn12. The molecule has 1 aliphatic heterocycles. The highest BCUT2D eigenvalue weighted by Crippen LogP contribution is 2.38. The van der Waals surface area contributed by atoms with Crippen molar-refractivity contribution in [2.45, 2.75) is 20.1 Å². The summed E-state index contributed by atoms with van der Waals surface area (Å²) in [7, 11) is 0. The number of H-pyrrole nitrogens is 1. The van der Waals surface area contributed by atoms with Gasteiger partial charge in [0.2, 0.25) is 0 Å². The number of nitrogens with one attached hydrogen (secondary N) is 1. The minimum atomic E-state index is 0.496. The van der Waals surface area contributed by atoms with Crippen LogP contribution in [0.3, 0.4) is 0 Å². The molecule has 4 aromatic heterocycles. The molecule has 6 rings (SSSR count). The van der Waals surface area contributed by atoms with E-state index in [0.717, 1.165) is 50.2 Å². The van der Waals surface area contributed by atoms with Crippen molar-refractivity contribution >= 4 is 22.4 Å². The monoisotopic (exact) mass is 385 g/mol. The van der Waals surface area contributed by atoms with Crippen LogP contribution in [0.15, 0.2) is 42.9 Å². The van der Waals surface area contributed by atoms with Crippen molar-refractivity contribution in [3.05, 3.63) is 54.2 Å². The van der Waals surface area contributed by atoms with Gasteiger partial charge in [0.15, 0.2) is 5.82 Å². The van der Waals surface area contributed by atoms with Gasteiger partial charge in [-0.25, -0.2) is 4.98 Å². The fourth-order valence-corrected chi connectivity index (χ4v) is 4.26. The highest BCUT2D eigenvalue weighted by Gasteiger charge is 2.24. The largest absolute Gasteiger partial charge is 0.382 e. The van der Waals surface area contributed by atoms with Gasteiger partial charge in [-0.05, 0) is 24.6 Å². The summed E-state index contributed by atoms with van der Waals surface area (Å²) in [4.78, 5) is 4.62. The number of nitrogen functional groups attached to an aromatic ring is 1. The van der Waals surface area contributed by atoms with Crippen molar-refractivity contribution in [3.63, 3.8) is 0 Å². The molecule has 0 saturated heterocycles. The summed E-state index contributed by atoms with van der Waals surface area (Å²) in [6, 6.07) is 8.48. The van der Waals surface area contributed by atoms with E-state index in [2.05, 4.69) is 55.9 Å². The molecule has 0 radical (unpaired) electrons. The number of ether oxygens (including phenoxy) is 1. The van der Waals surface area contributed by atoms with Crippen LogP contribution in [0.5, 0.6) is 0 Å². The fraction of sp³-hybridized carbons (Fsp3) is 0.190. The van der Waals surface area contributed by atoms with Gasteiger partial charge in [0.1, 0.15) is 5.65 Å². The smallest absolute Gasteiger partial charge is 0.153 e. The van der Waals surface area contributed by atoms with Crippen molar-refractivity contribution in [3.8, 4) is 22.3 Å². The maximum Gasteiger partial charge on any atom is 0.153 e. The van der Waals surface area contributed by atoms with Gasteiger partial charge in [-0.1, -0.05) is 12.1 Å². The van der Waals surface area contributed by atoms with E-state index >= 15 is 0 Å². The molecule has 5 heterocycles. The first kappa shape index (κ1) is 16.3. The van der Waals surface area contributed by atoms with Crippen LogP contribution in [-0.4, -0.2) is 36.0 Å². The van der Waals surface area contributed by atoms with E-state index in [1.54, 1.807) is 0 Å². The van der Waals surface area contributed by atoms with Gasteiger partial charge < -0.3 is 14.9 Å². The van der Waals surface area contributed by atoms with E-state index in [4.69, 9.17) is 10.5 Å². The summed E-state index contributed by atoms with van der Waals surface area (Å²) < 4.78 is 9.74. The number of aromatic amines is 1. The Bertz CT molecular complexity index is 1390. The predicted molar refractivity (Wildman–Crippen MR) is 110 cm³/mol. The lowest BCUT2D eigenvalue weighted by Crippen LogP contribution is -2.17. The number of anilines is 1. The molecular formula is C21H19N7O. The van der Waals surface area contributed by atoms with Gasteiger partial charge in [-0.15, -0.1) is 0 Å². The van der Waals surface area contributed by atoms with E-state index in [9.17, 15) is 0 Å². The Balaban J connectivity index is 1.65. The van der Waals surface area contributed by atoms with Crippen molar-refractivity contribution in [2.24, 2.45) is 0 Å². The third-order valence-corrected chi connectivity index (χ3v) is 5.71. The van der Waals surface area contributed by atoms with Crippen LogP contribution in [0.2, 0.25) is 0 Å². The lowest BCUT2D eigenvalue weighted by Gasteiger charge is -2.17. The molecule has 1 aromatic carbocycles. The summed E-state index contributed by atoms with van der Waals surface area (Å²) in [6.45, 7) is 3.95. The van der Waals surface area contributed by atoms with Gasteiger partial charge in [-0.2, -0.15) is 10.2 Å². The molecule has 8 heteroatoms. The number of rotatable bonds is 2. The minimum absolute atomic E-state index is 0.496. The quantitative estimate of drug-likeness (QED) is 0.486. The Morgan fingerprint density at radius 2 is 2.14 bits per heavy atom. The molecule has 0 saturated carbocycles. The highest BCUT2D eigenvalue weighted by molar-refractivity contribution is 5.91. The zero-order chi connectivity index (χ0) is 19.5. The number of nitrogens with zero attached hydrogens (tertiary/aromatic N) is 5. The molecule has 0 bridgehead atoms. The van der Waals surface area contributed by atoms with E-state index in [0.29, 0.717) is 25.6 Å². The topological polar surface area (TPSA) is 99.1 Å². The van der Waals surface area contributed by atoms with Crippen molar-refractivity contribution < 1.29 is 4.74 Å². The number of fused-ring (bicyclic) bond motifs is 3. The van der Waals surface area contributed by atoms with E-state index in [1.165, 1.54) is 0 Å². The lowest BCUT2D eigenvalue weighted by molar-refractivity contribution is 0.0805. The number of imidazole rings is 1. The van der Waals surface area contributed by atoms with Crippen molar-refractivity contribution in [2.75, 3.05) is 12.3 Å². The summed E-state index contributed by atoms with van der Waals surface area (Å²) in [6.07, 6.45) is 5.63. The lowest BCUT2D eigenvalue weighted by atomic mass is 9.97. The van der Waals surface area contributed by atoms with Gasteiger partial charge in [0.25, 0.3) is 0 Å². The molecule has 144 valence electrons. The Morgan fingerprint density at radius 1 is 1.21 bits per heavy atom. The maximum absolute atomic E-state index is 6.36. The molecule has 0 unspecified atom stereocenters. The van der Waals surface area contributed by atoms with Crippen LogP contribution in [0.1, 0.15) is 11.4 Å². The second kappa shape index (κ2) is 5.92. The highest BCUT2D eigenvalue weighted by atomic mass is 16.5. The Kier molecular flexibility index (Phi) is 3.33. The Labute approximate surface area is 165 Å².